The van der Waals surface area contributed by atoms with Crippen LogP contribution in [0.2, 0.25) is 0 Å². The maximum Gasteiger partial charge on any atom is 0.239 e. The maximum atomic E-state index is 12.5. The maximum absolute atomic E-state index is 12.5. The molecule has 1 amide bonds. The Morgan fingerprint density at radius 3 is 2.24 bits per heavy atom. The molecule has 37 heavy (non-hydrogen) atoms. The number of nitrogens with zero attached hydrogens (tertiary/aromatic N) is 1. The highest BCUT2D eigenvalue weighted by molar-refractivity contribution is 7.92. The summed E-state index contributed by atoms with van der Waals surface area (Å²) in [6, 6.07) is 14.8. The molecule has 0 saturated carbocycles. The number of sulfonamides is 1. The lowest BCUT2D eigenvalue weighted by atomic mass is 10.0. The smallest absolute Gasteiger partial charge is 0.239 e. The normalized spacial score (nSPS) is 15.8. The van der Waals surface area contributed by atoms with Crippen LogP contribution in [0.15, 0.2) is 48.5 Å². The van der Waals surface area contributed by atoms with Crippen molar-refractivity contribution in [3.63, 3.8) is 0 Å². The number of ether oxygens (including phenoxy) is 2. The van der Waals surface area contributed by atoms with Crippen LogP contribution in [0.3, 0.4) is 0 Å². The van der Waals surface area contributed by atoms with E-state index in [9.17, 15) is 13.2 Å². The number of piperidine rings is 1. The van der Waals surface area contributed by atoms with Gasteiger partial charge in [-0.3, -0.25) is 14.4 Å². The molecule has 9 nitrogen and oxygen atoms in total. The summed E-state index contributed by atoms with van der Waals surface area (Å²) in [6.45, 7) is 5.96. The highest BCUT2D eigenvalue weighted by Gasteiger charge is 2.25. The van der Waals surface area contributed by atoms with Gasteiger partial charge in [0.2, 0.25) is 15.9 Å². The van der Waals surface area contributed by atoms with Gasteiger partial charge in [0, 0.05) is 31.9 Å². The van der Waals surface area contributed by atoms with Gasteiger partial charge in [-0.2, -0.15) is 0 Å². The van der Waals surface area contributed by atoms with E-state index >= 15 is 0 Å². The number of benzene rings is 2. The number of unbranched alkanes of at least 4 members (excludes halogenated alkanes) is 1. The minimum absolute atomic E-state index is 0.0153. The monoisotopic (exact) mass is 532 g/mol. The third-order valence-corrected chi connectivity index (χ3v) is 6.83. The average molecular weight is 533 g/mol. The fraction of sp³-hybridized carbons (Fsp3) is 0.519. The van der Waals surface area contributed by atoms with E-state index in [1.165, 1.54) is 5.56 Å². The molecule has 1 aliphatic heterocycles. The predicted molar refractivity (Wildman–Crippen MR) is 146 cm³/mol. The van der Waals surface area contributed by atoms with Gasteiger partial charge >= 0.3 is 0 Å². The number of carbonyl (C=O) groups excluding carboxylic acids is 1. The first-order valence-electron chi connectivity index (χ1n) is 12.9. The molecule has 3 N–H and O–H groups in total. The van der Waals surface area contributed by atoms with E-state index in [0.717, 1.165) is 57.3 Å². The first-order chi connectivity index (χ1) is 17.8. The number of rotatable bonds is 14. The summed E-state index contributed by atoms with van der Waals surface area (Å²) in [5.74, 6) is 1.37. The van der Waals surface area contributed by atoms with Crippen molar-refractivity contribution in [2.75, 3.05) is 44.3 Å². The summed E-state index contributed by atoms with van der Waals surface area (Å²) in [6.07, 6.45) is 5.11. The van der Waals surface area contributed by atoms with Gasteiger partial charge in [0.1, 0.15) is 17.5 Å². The molecule has 0 radical (unpaired) electrons. The van der Waals surface area contributed by atoms with Crippen molar-refractivity contribution in [3.05, 3.63) is 54.1 Å². The SMILES string of the molecule is CCCCNC(=O)C(COC)NC1CCN(Cc2ccc(Oc3ccc(NS(C)(=O)=O)cc3)cc2)CC1. The quantitative estimate of drug-likeness (QED) is 0.320. The second-order valence-electron chi connectivity index (χ2n) is 9.51. The molecular weight excluding hydrogens is 492 g/mol. The fourth-order valence-electron chi connectivity index (χ4n) is 4.28. The van der Waals surface area contributed by atoms with E-state index in [4.69, 9.17) is 9.47 Å². The number of methoxy groups -OCH3 is 1. The van der Waals surface area contributed by atoms with E-state index in [0.29, 0.717) is 30.6 Å². The van der Waals surface area contributed by atoms with Gasteiger partial charge in [-0.15, -0.1) is 0 Å². The Morgan fingerprint density at radius 1 is 1.05 bits per heavy atom. The molecule has 3 rings (SSSR count). The van der Waals surface area contributed by atoms with Crippen LogP contribution in [0.1, 0.15) is 38.2 Å². The summed E-state index contributed by atoms with van der Waals surface area (Å²) in [5, 5.41) is 6.50. The molecule has 0 aliphatic carbocycles. The number of hydrogen-bond acceptors (Lipinski definition) is 7. The average Bonchev–Trinajstić information content (AvgIpc) is 2.86. The summed E-state index contributed by atoms with van der Waals surface area (Å²) in [5.41, 5.74) is 1.70. The van der Waals surface area contributed by atoms with Crippen LogP contribution in [-0.4, -0.2) is 70.9 Å². The van der Waals surface area contributed by atoms with Gasteiger partial charge in [0.25, 0.3) is 0 Å². The second kappa shape index (κ2) is 14.3. The molecule has 1 saturated heterocycles. The van der Waals surface area contributed by atoms with E-state index in [1.807, 2.05) is 12.1 Å². The largest absolute Gasteiger partial charge is 0.457 e. The Kier molecular flexibility index (Phi) is 11.2. The molecule has 1 heterocycles. The van der Waals surface area contributed by atoms with Crippen molar-refractivity contribution >= 4 is 21.6 Å². The summed E-state index contributed by atoms with van der Waals surface area (Å²) in [7, 11) is -1.68. The first kappa shape index (κ1) is 28.9. The Labute approximate surface area is 221 Å². The highest BCUT2D eigenvalue weighted by atomic mass is 32.2. The predicted octanol–water partition coefficient (Wildman–Crippen LogP) is 3.34. The van der Waals surface area contributed by atoms with Crippen LogP contribution in [0.5, 0.6) is 11.5 Å². The summed E-state index contributed by atoms with van der Waals surface area (Å²) < 4.78 is 36.3. The molecule has 0 aromatic heterocycles. The Balaban J connectivity index is 1.43. The molecule has 204 valence electrons. The Bertz CT molecular complexity index is 1070. The molecular formula is C27H40N4O5S. The van der Waals surface area contributed by atoms with Gasteiger partial charge in [0.05, 0.1) is 12.9 Å². The zero-order valence-electron chi connectivity index (χ0n) is 22.0. The van der Waals surface area contributed by atoms with Crippen molar-refractivity contribution in [1.82, 2.24) is 15.5 Å². The lowest BCUT2D eigenvalue weighted by Crippen LogP contribution is -2.53. The van der Waals surface area contributed by atoms with Crippen molar-refractivity contribution < 1.29 is 22.7 Å². The topological polar surface area (TPSA) is 109 Å². The van der Waals surface area contributed by atoms with Crippen molar-refractivity contribution in [3.8, 4) is 11.5 Å². The van der Waals surface area contributed by atoms with Gasteiger partial charge in [-0.1, -0.05) is 25.5 Å². The molecule has 1 fully saturated rings. The van der Waals surface area contributed by atoms with E-state index in [1.54, 1.807) is 31.4 Å². The van der Waals surface area contributed by atoms with Crippen LogP contribution in [0, 0.1) is 0 Å². The van der Waals surface area contributed by atoms with Gasteiger partial charge < -0.3 is 20.1 Å². The zero-order valence-corrected chi connectivity index (χ0v) is 22.9. The highest BCUT2D eigenvalue weighted by Crippen LogP contribution is 2.24. The third-order valence-electron chi connectivity index (χ3n) is 6.23. The minimum Gasteiger partial charge on any atom is -0.457 e. The molecule has 1 atom stereocenters. The zero-order chi connectivity index (χ0) is 26.7. The lowest BCUT2D eigenvalue weighted by Gasteiger charge is -2.34. The van der Waals surface area contributed by atoms with Crippen molar-refractivity contribution in [2.24, 2.45) is 0 Å². The van der Waals surface area contributed by atoms with Crippen LogP contribution in [0.4, 0.5) is 5.69 Å². The number of carbonyl (C=O) groups is 1. The van der Waals surface area contributed by atoms with Crippen LogP contribution in [-0.2, 0) is 26.1 Å². The number of amides is 1. The summed E-state index contributed by atoms with van der Waals surface area (Å²) >= 11 is 0. The van der Waals surface area contributed by atoms with E-state index in [2.05, 4.69) is 39.3 Å². The van der Waals surface area contributed by atoms with Gasteiger partial charge in [0.15, 0.2) is 0 Å². The standard InChI is InChI=1S/C27H40N4O5S/c1-4-5-16-28-27(32)26(20-35-2)29-22-14-17-31(18-15-22)19-21-6-10-24(11-7-21)36-25-12-8-23(9-13-25)30-37(3,33)34/h6-13,22,26,29-30H,4-5,14-20H2,1-3H3,(H,28,32). The van der Waals surface area contributed by atoms with Crippen LogP contribution < -0.4 is 20.1 Å². The molecule has 0 bridgehead atoms. The number of hydrogen-bond donors (Lipinski definition) is 3. The molecule has 1 aliphatic rings. The number of likely N-dealkylation sites (tertiary alicyclic amines) is 1. The van der Waals surface area contributed by atoms with Crippen LogP contribution >= 0.6 is 0 Å². The van der Waals surface area contributed by atoms with Crippen molar-refractivity contribution in [1.29, 1.82) is 0 Å². The molecule has 0 spiro atoms. The molecule has 1 unspecified atom stereocenters. The van der Waals surface area contributed by atoms with Crippen LogP contribution in [0.25, 0.3) is 0 Å². The summed E-state index contributed by atoms with van der Waals surface area (Å²) in [4.78, 5) is 14.9. The number of nitrogens with one attached hydrogen (secondary N) is 3. The van der Waals surface area contributed by atoms with E-state index < -0.39 is 10.0 Å². The van der Waals surface area contributed by atoms with Gasteiger partial charge in [-0.25, -0.2) is 8.42 Å². The Morgan fingerprint density at radius 2 is 1.68 bits per heavy atom. The van der Waals surface area contributed by atoms with Gasteiger partial charge in [-0.05, 0) is 74.3 Å². The first-order valence-corrected chi connectivity index (χ1v) is 14.7. The Hall–Kier alpha value is -2.66. The third kappa shape index (κ3) is 10.3. The second-order valence-corrected chi connectivity index (χ2v) is 11.3. The fourth-order valence-corrected chi connectivity index (χ4v) is 4.85. The minimum atomic E-state index is -3.30. The molecule has 2 aromatic rings. The van der Waals surface area contributed by atoms with Crippen molar-refractivity contribution in [2.45, 2.75) is 51.2 Å². The number of anilines is 1. The molecule has 2 aromatic carbocycles. The van der Waals surface area contributed by atoms with E-state index in [-0.39, 0.29) is 11.9 Å². The molecule has 10 heteroatoms. The lowest BCUT2D eigenvalue weighted by molar-refractivity contribution is -0.124.